The quantitative estimate of drug-likeness (QED) is 0.901. The van der Waals surface area contributed by atoms with Crippen LogP contribution in [0.5, 0.6) is 0 Å². The van der Waals surface area contributed by atoms with Gasteiger partial charge in [-0.25, -0.2) is 0 Å². The van der Waals surface area contributed by atoms with Gasteiger partial charge >= 0.3 is 0 Å². The number of aryl methyl sites for hydroxylation is 1. The number of rotatable bonds is 2. The Labute approximate surface area is 103 Å². The lowest BCUT2D eigenvalue weighted by Gasteiger charge is -2.10. The first-order valence-corrected chi connectivity index (χ1v) is 6.36. The largest absolute Gasteiger partial charge is 0.382 e. The molecule has 0 amide bonds. The number of hydrogen-bond donors (Lipinski definition) is 1. The molecule has 1 saturated carbocycles. The highest BCUT2D eigenvalue weighted by Gasteiger charge is 2.21. The number of nitrogens with zero attached hydrogens (tertiary/aromatic N) is 1. The summed E-state index contributed by atoms with van der Waals surface area (Å²) in [7, 11) is 0. The van der Waals surface area contributed by atoms with E-state index >= 15 is 0 Å². The molecule has 1 aromatic heterocycles. The Morgan fingerprint density at radius 1 is 1.38 bits per heavy atom. The number of anilines is 1. The molecule has 1 fully saturated rings. The second-order valence-electron chi connectivity index (χ2n) is 4.37. The van der Waals surface area contributed by atoms with Crippen LogP contribution in [0.4, 0.5) is 5.69 Å². The summed E-state index contributed by atoms with van der Waals surface area (Å²) < 4.78 is 1.06. The first kappa shape index (κ1) is 10.1. The summed E-state index contributed by atoms with van der Waals surface area (Å²) in [6, 6.07) is 9.02. The van der Waals surface area contributed by atoms with Gasteiger partial charge in [-0.15, -0.1) is 0 Å². The van der Waals surface area contributed by atoms with Gasteiger partial charge in [-0.1, -0.05) is 12.1 Å². The Morgan fingerprint density at radius 3 is 2.94 bits per heavy atom. The van der Waals surface area contributed by atoms with Gasteiger partial charge in [0.15, 0.2) is 0 Å². The van der Waals surface area contributed by atoms with Gasteiger partial charge in [0.05, 0.1) is 5.52 Å². The van der Waals surface area contributed by atoms with Crippen molar-refractivity contribution in [3.8, 4) is 0 Å². The van der Waals surface area contributed by atoms with E-state index in [4.69, 9.17) is 0 Å². The van der Waals surface area contributed by atoms with Crippen molar-refractivity contribution in [3.05, 3.63) is 34.4 Å². The van der Waals surface area contributed by atoms with Crippen LogP contribution in [-0.2, 0) is 0 Å². The molecular weight excluding hydrogens is 264 g/mol. The molecule has 2 nitrogen and oxygen atoms in total. The van der Waals surface area contributed by atoms with Crippen LogP contribution in [0.1, 0.15) is 18.5 Å². The van der Waals surface area contributed by atoms with Gasteiger partial charge in [-0.2, -0.15) is 0 Å². The van der Waals surface area contributed by atoms with Gasteiger partial charge in [-0.3, -0.25) is 4.98 Å². The minimum Gasteiger partial charge on any atom is -0.382 e. The van der Waals surface area contributed by atoms with Crippen LogP contribution in [0.3, 0.4) is 0 Å². The summed E-state index contributed by atoms with van der Waals surface area (Å²) in [4.78, 5) is 4.58. The zero-order valence-corrected chi connectivity index (χ0v) is 10.7. The molecule has 2 aromatic rings. The summed E-state index contributed by atoms with van der Waals surface area (Å²) in [5.74, 6) is 0. The Morgan fingerprint density at radius 2 is 2.19 bits per heavy atom. The van der Waals surface area contributed by atoms with Crippen molar-refractivity contribution in [2.24, 2.45) is 0 Å². The molecule has 16 heavy (non-hydrogen) atoms. The van der Waals surface area contributed by atoms with Gasteiger partial charge in [-0.05, 0) is 47.8 Å². The predicted octanol–water partition coefficient (Wildman–Crippen LogP) is 3.88. The third kappa shape index (κ3) is 1.80. The second kappa shape index (κ2) is 3.74. The minimum absolute atomic E-state index is 0.670. The molecule has 0 aliphatic heterocycles. The molecule has 1 aliphatic carbocycles. The highest BCUT2D eigenvalue weighted by Crippen LogP contribution is 2.32. The fourth-order valence-electron chi connectivity index (χ4n) is 1.91. The molecule has 82 valence electrons. The molecule has 1 aromatic carbocycles. The Hall–Kier alpha value is -1.09. The molecule has 3 heteroatoms. The van der Waals surface area contributed by atoms with Gasteiger partial charge in [0.1, 0.15) is 0 Å². The molecule has 0 unspecified atom stereocenters. The van der Waals surface area contributed by atoms with Crippen molar-refractivity contribution in [3.63, 3.8) is 0 Å². The van der Waals surface area contributed by atoms with E-state index in [-0.39, 0.29) is 0 Å². The lowest BCUT2D eigenvalue weighted by atomic mass is 10.1. The second-order valence-corrected chi connectivity index (χ2v) is 5.22. The first-order chi connectivity index (χ1) is 7.74. The maximum Gasteiger partial charge on any atom is 0.0867 e. The SMILES string of the molecule is Cc1cc(NC2CC2)c2cccc(Br)c2n1. The molecular formula is C13H13BrN2. The first-order valence-electron chi connectivity index (χ1n) is 5.56. The van der Waals surface area contributed by atoms with Crippen molar-refractivity contribution in [1.29, 1.82) is 0 Å². The van der Waals surface area contributed by atoms with Crippen LogP contribution in [0.25, 0.3) is 10.9 Å². The van der Waals surface area contributed by atoms with Gasteiger partial charge in [0.2, 0.25) is 0 Å². The molecule has 0 spiro atoms. The van der Waals surface area contributed by atoms with Gasteiger partial charge in [0, 0.05) is 27.3 Å². The Bertz CT molecular complexity index is 547. The van der Waals surface area contributed by atoms with Gasteiger partial charge < -0.3 is 5.32 Å². The zero-order valence-electron chi connectivity index (χ0n) is 9.13. The highest BCUT2D eigenvalue weighted by molar-refractivity contribution is 9.10. The number of hydrogen-bond acceptors (Lipinski definition) is 2. The molecule has 0 radical (unpaired) electrons. The number of fused-ring (bicyclic) bond motifs is 1. The van der Waals surface area contributed by atoms with E-state index in [1.807, 2.05) is 13.0 Å². The summed E-state index contributed by atoms with van der Waals surface area (Å²) >= 11 is 3.56. The van der Waals surface area contributed by atoms with Crippen molar-refractivity contribution < 1.29 is 0 Å². The number of aromatic nitrogens is 1. The normalized spacial score (nSPS) is 15.4. The molecule has 3 rings (SSSR count). The Kier molecular flexibility index (Phi) is 2.36. The average molecular weight is 277 g/mol. The van der Waals surface area contributed by atoms with Crippen molar-refractivity contribution in [2.75, 3.05) is 5.32 Å². The fraction of sp³-hybridized carbons (Fsp3) is 0.308. The topological polar surface area (TPSA) is 24.9 Å². The lowest BCUT2D eigenvalue weighted by Crippen LogP contribution is -2.02. The van der Waals surface area contributed by atoms with Crippen molar-refractivity contribution in [2.45, 2.75) is 25.8 Å². The Balaban J connectivity index is 2.20. The number of benzene rings is 1. The standard InChI is InChI=1S/C13H13BrN2/c1-8-7-12(16-9-5-6-9)10-3-2-4-11(14)13(10)15-8/h2-4,7,9H,5-6H2,1H3,(H,15,16). The molecule has 0 atom stereocenters. The molecule has 0 bridgehead atoms. The fourth-order valence-corrected chi connectivity index (χ4v) is 2.36. The van der Waals surface area contributed by atoms with E-state index in [0.29, 0.717) is 6.04 Å². The van der Waals surface area contributed by atoms with E-state index in [9.17, 15) is 0 Å². The van der Waals surface area contributed by atoms with Crippen molar-refractivity contribution in [1.82, 2.24) is 4.98 Å². The third-order valence-electron chi connectivity index (χ3n) is 2.86. The van der Waals surface area contributed by atoms with E-state index in [0.717, 1.165) is 15.7 Å². The number of pyridine rings is 1. The number of para-hydroxylation sites is 1. The van der Waals surface area contributed by atoms with E-state index in [2.05, 4.69) is 44.4 Å². The summed E-state index contributed by atoms with van der Waals surface area (Å²) in [5.41, 5.74) is 3.32. The van der Waals surface area contributed by atoms with Crippen molar-refractivity contribution >= 4 is 32.5 Å². The van der Waals surface area contributed by atoms with E-state index < -0.39 is 0 Å². The summed E-state index contributed by atoms with van der Waals surface area (Å²) in [6.07, 6.45) is 2.58. The third-order valence-corrected chi connectivity index (χ3v) is 3.50. The van der Waals surface area contributed by atoms with Crippen LogP contribution in [0.15, 0.2) is 28.7 Å². The monoisotopic (exact) mass is 276 g/mol. The van der Waals surface area contributed by atoms with Gasteiger partial charge in [0.25, 0.3) is 0 Å². The highest BCUT2D eigenvalue weighted by atomic mass is 79.9. The van der Waals surface area contributed by atoms with Crippen LogP contribution in [0.2, 0.25) is 0 Å². The predicted molar refractivity (Wildman–Crippen MR) is 70.8 cm³/mol. The summed E-state index contributed by atoms with van der Waals surface area (Å²) in [5, 5.41) is 4.77. The molecule has 1 heterocycles. The molecule has 0 saturated heterocycles. The molecule has 1 N–H and O–H groups in total. The maximum atomic E-state index is 4.58. The summed E-state index contributed by atoms with van der Waals surface area (Å²) in [6.45, 7) is 2.04. The minimum atomic E-state index is 0.670. The molecule has 1 aliphatic rings. The van der Waals surface area contributed by atoms with Crippen LogP contribution in [0, 0.1) is 6.92 Å². The van der Waals surface area contributed by atoms with E-state index in [1.165, 1.54) is 23.9 Å². The van der Waals surface area contributed by atoms with E-state index in [1.54, 1.807) is 0 Å². The number of nitrogens with one attached hydrogen (secondary N) is 1. The van der Waals surface area contributed by atoms with Crippen LogP contribution >= 0.6 is 15.9 Å². The lowest BCUT2D eigenvalue weighted by molar-refractivity contribution is 1.15. The van der Waals surface area contributed by atoms with Crippen LogP contribution in [-0.4, -0.2) is 11.0 Å². The zero-order chi connectivity index (χ0) is 11.1. The number of halogens is 1. The smallest absolute Gasteiger partial charge is 0.0867 e. The van der Waals surface area contributed by atoms with Crippen LogP contribution < -0.4 is 5.32 Å². The average Bonchev–Trinajstić information content (AvgIpc) is 3.03. The maximum absolute atomic E-state index is 4.58.